The Morgan fingerprint density at radius 2 is 2.04 bits per heavy atom. The summed E-state index contributed by atoms with van der Waals surface area (Å²) in [5, 5.41) is 4.40. The number of ether oxygens (including phenoxy) is 1. The van der Waals surface area contributed by atoms with Gasteiger partial charge >= 0.3 is 0 Å². The molecule has 1 aliphatic rings. The SMILES string of the molecule is COCCN1[C@H](C)CN(c2cc3nc(-c4ccco4)nn3c(N)n2)C[C@@H]1C. The number of hydrogen-bond acceptors (Lipinski definition) is 8. The number of furan rings is 1. The van der Waals surface area contributed by atoms with Crippen LogP contribution in [0.2, 0.25) is 0 Å². The van der Waals surface area contributed by atoms with E-state index in [0.717, 1.165) is 32.1 Å². The zero-order valence-electron chi connectivity index (χ0n) is 15.9. The zero-order chi connectivity index (χ0) is 19.0. The van der Waals surface area contributed by atoms with E-state index >= 15 is 0 Å². The average Bonchev–Trinajstić information content (AvgIpc) is 3.30. The molecule has 4 heterocycles. The molecule has 2 atom stereocenters. The molecule has 3 aromatic rings. The predicted molar refractivity (Wildman–Crippen MR) is 103 cm³/mol. The van der Waals surface area contributed by atoms with E-state index in [-0.39, 0.29) is 0 Å². The van der Waals surface area contributed by atoms with Crippen molar-refractivity contribution in [1.29, 1.82) is 0 Å². The lowest BCUT2D eigenvalue weighted by molar-refractivity contribution is 0.0845. The van der Waals surface area contributed by atoms with E-state index < -0.39 is 0 Å². The molecule has 0 bridgehead atoms. The molecule has 0 aromatic carbocycles. The maximum absolute atomic E-state index is 6.16. The van der Waals surface area contributed by atoms with E-state index in [1.807, 2.05) is 12.1 Å². The Morgan fingerprint density at radius 1 is 1.26 bits per heavy atom. The Labute approximate surface area is 157 Å². The number of methoxy groups -OCH3 is 1. The van der Waals surface area contributed by atoms with E-state index in [1.165, 1.54) is 0 Å². The third-order valence-electron chi connectivity index (χ3n) is 5.06. The van der Waals surface area contributed by atoms with Gasteiger partial charge in [-0.3, -0.25) is 4.90 Å². The van der Waals surface area contributed by atoms with E-state index in [1.54, 1.807) is 24.0 Å². The van der Waals surface area contributed by atoms with Crippen LogP contribution in [0.1, 0.15) is 13.8 Å². The van der Waals surface area contributed by atoms with Crippen molar-refractivity contribution in [2.45, 2.75) is 25.9 Å². The Kier molecular flexibility index (Phi) is 4.71. The van der Waals surface area contributed by atoms with Crippen LogP contribution in [0.4, 0.5) is 11.8 Å². The highest BCUT2D eigenvalue weighted by Gasteiger charge is 2.30. The summed E-state index contributed by atoms with van der Waals surface area (Å²) in [6.07, 6.45) is 1.60. The van der Waals surface area contributed by atoms with Crippen molar-refractivity contribution < 1.29 is 9.15 Å². The van der Waals surface area contributed by atoms with Crippen LogP contribution in [-0.4, -0.2) is 69.9 Å². The Hall–Kier alpha value is -2.65. The number of nitrogens with zero attached hydrogens (tertiary/aromatic N) is 6. The highest BCUT2D eigenvalue weighted by molar-refractivity contribution is 5.59. The molecule has 2 N–H and O–H groups in total. The number of fused-ring (bicyclic) bond motifs is 1. The molecule has 9 heteroatoms. The van der Waals surface area contributed by atoms with Crippen LogP contribution in [0, 0.1) is 0 Å². The predicted octanol–water partition coefficient (Wildman–Crippen LogP) is 1.51. The molecule has 4 rings (SSSR count). The second-order valence-electron chi connectivity index (χ2n) is 6.99. The quantitative estimate of drug-likeness (QED) is 0.721. The largest absolute Gasteiger partial charge is 0.461 e. The molecule has 0 unspecified atom stereocenters. The summed E-state index contributed by atoms with van der Waals surface area (Å²) >= 11 is 0. The van der Waals surface area contributed by atoms with Gasteiger partial charge in [-0.25, -0.2) is 4.98 Å². The number of nitrogens with two attached hydrogens (primary N) is 1. The van der Waals surface area contributed by atoms with Gasteiger partial charge in [-0.1, -0.05) is 0 Å². The lowest BCUT2D eigenvalue weighted by Gasteiger charge is -2.44. The van der Waals surface area contributed by atoms with Gasteiger partial charge in [-0.05, 0) is 26.0 Å². The molecule has 0 amide bonds. The number of anilines is 2. The molecular weight excluding hydrogens is 346 g/mol. The molecule has 3 aromatic heterocycles. The van der Waals surface area contributed by atoms with E-state index in [2.05, 4.69) is 38.7 Å². The minimum Gasteiger partial charge on any atom is -0.461 e. The van der Waals surface area contributed by atoms with Gasteiger partial charge in [0.15, 0.2) is 11.4 Å². The lowest BCUT2D eigenvalue weighted by Crippen LogP contribution is -2.57. The number of nitrogen functional groups attached to an aromatic ring is 1. The Balaban J connectivity index is 1.60. The van der Waals surface area contributed by atoms with Crippen molar-refractivity contribution in [2.75, 3.05) is 44.0 Å². The van der Waals surface area contributed by atoms with Crippen LogP contribution in [0.3, 0.4) is 0 Å². The molecule has 0 aliphatic carbocycles. The van der Waals surface area contributed by atoms with Crippen LogP contribution in [0.15, 0.2) is 28.9 Å². The van der Waals surface area contributed by atoms with Gasteiger partial charge < -0.3 is 19.8 Å². The van der Waals surface area contributed by atoms with Gasteiger partial charge in [0.05, 0.1) is 12.9 Å². The van der Waals surface area contributed by atoms with Crippen molar-refractivity contribution >= 4 is 17.4 Å². The fraction of sp³-hybridized carbons (Fsp3) is 0.500. The van der Waals surface area contributed by atoms with Gasteiger partial charge in [-0.15, -0.1) is 5.10 Å². The zero-order valence-corrected chi connectivity index (χ0v) is 15.9. The molecule has 0 saturated carbocycles. The topological polar surface area (TPSA) is 98.0 Å². The minimum atomic E-state index is 0.315. The van der Waals surface area contributed by atoms with Crippen molar-refractivity contribution in [3.05, 3.63) is 24.5 Å². The summed E-state index contributed by atoms with van der Waals surface area (Å²) in [4.78, 5) is 13.8. The van der Waals surface area contributed by atoms with Crippen LogP contribution in [-0.2, 0) is 4.74 Å². The maximum atomic E-state index is 6.16. The first-order valence-electron chi connectivity index (χ1n) is 9.13. The Bertz CT molecular complexity index is 896. The molecule has 9 nitrogen and oxygen atoms in total. The molecular formula is C18H25N7O2. The minimum absolute atomic E-state index is 0.315. The van der Waals surface area contributed by atoms with Gasteiger partial charge in [0, 0.05) is 44.9 Å². The van der Waals surface area contributed by atoms with Gasteiger partial charge in [0.2, 0.25) is 11.8 Å². The summed E-state index contributed by atoms with van der Waals surface area (Å²) in [6, 6.07) is 6.33. The van der Waals surface area contributed by atoms with Crippen LogP contribution < -0.4 is 10.6 Å². The van der Waals surface area contributed by atoms with E-state index in [0.29, 0.717) is 35.3 Å². The number of piperazine rings is 1. The average molecular weight is 371 g/mol. The third kappa shape index (κ3) is 3.35. The molecule has 0 radical (unpaired) electrons. The van der Waals surface area contributed by atoms with Gasteiger partial charge in [-0.2, -0.15) is 9.50 Å². The van der Waals surface area contributed by atoms with Gasteiger partial charge in [0.1, 0.15) is 5.82 Å². The van der Waals surface area contributed by atoms with Crippen molar-refractivity contribution in [2.24, 2.45) is 0 Å². The summed E-state index contributed by atoms with van der Waals surface area (Å²) in [7, 11) is 1.74. The van der Waals surface area contributed by atoms with Crippen LogP contribution >= 0.6 is 0 Å². The fourth-order valence-corrected chi connectivity index (χ4v) is 3.75. The van der Waals surface area contributed by atoms with Gasteiger partial charge in [0.25, 0.3) is 0 Å². The first-order valence-corrected chi connectivity index (χ1v) is 9.13. The number of hydrogen-bond donors (Lipinski definition) is 1. The monoisotopic (exact) mass is 371 g/mol. The molecule has 1 saturated heterocycles. The lowest BCUT2D eigenvalue weighted by atomic mass is 10.1. The summed E-state index contributed by atoms with van der Waals surface area (Å²) in [5.41, 5.74) is 6.82. The Morgan fingerprint density at radius 3 is 2.70 bits per heavy atom. The van der Waals surface area contributed by atoms with Crippen LogP contribution in [0.5, 0.6) is 0 Å². The van der Waals surface area contributed by atoms with E-state index in [9.17, 15) is 0 Å². The van der Waals surface area contributed by atoms with E-state index in [4.69, 9.17) is 14.9 Å². The smallest absolute Gasteiger partial charge is 0.225 e. The summed E-state index contributed by atoms with van der Waals surface area (Å²) in [6.45, 7) is 7.86. The number of rotatable bonds is 5. The molecule has 27 heavy (non-hydrogen) atoms. The maximum Gasteiger partial charge on any atom is 0.225 e. The van der Waals surface area contributed by atoms with Crippen LogP contribution in [0.25, 0.3) is 17.2 Å². The second-order valence-corrected chi connectivity index (χ2v) is 6.99. The van der Waals surface area contributed by atoms with Crippen molar-refractivity contribution in [3.8, 4) is 11.6 Å². The second kappa shape index (κ2) is 7.16. The first-order chi connectivity index (χ1) is 13.1. The molecule has 1 aliphatic heterocycles. The molecule has 0 spiro atoms. The third-order valence-corrected chi connectivity index (χ3v) is 5.06. The highest BCUT2D eigenvalue weighted by Crippen LogP contribution is 2.24. The molecule has 144 valence electrons. The number of aromatic nitrogens is 4. The molecule has 1 fully saturated rings. The fourth-order valence-electron chi connectivity index (χ4n) is 3.75. The van der Waals surface area contributed by atoms with Crippen molar-refractivity contribution in [1.82, 2.24) is 24.5 Å². The summed E-state index contributed by atoms with van der Waals surface area (Å²) < 4.78 is 12.2. The first kappa shape index (κ1) is 17.7. The standard InChI is InChI=1S/C18H25N7O2/c1-12-10-23(11-13(2)24(12)6-8-26-3)15-9-16-20-17(14-5-4-7-27-14)22-25(16)18(19)21-15/h4-5,7,9,12-13H,6,8,10-11H2,1-3H3,(H2,19,21)/t12-,13+. The van der Waals surface area contributed by atoms with Crippen molar-refractivity contribution in [3.63, 3.8) is 0 Å². The highest BCUT2D eigenvalue weighted by atomic mass is 16.5. The summed E-state index contributed by atoms with van der Waals surface area (Å²) in [5.74, 6) is 2.24. The normalized spacial score (nSPS) is 21.2.